The quantitative estimate of drug-likeness (QED) is 0.646. The molecule has 0 bridgehead atoms. The molecule has 0 N–H and O–H groups in total. The molecule has 0 radical (unpaired) electrons. The fraction of sp³-hybridized carbons (Fsp3) is 0.368. The summed E-state index contributed by atoms with van der Waals surface area (Å²) in [7, 11) is 0. The van der Waals surface area contributed by atoms with E-state index in [0.29, 0.717) is 5.92 Å². The molecule has 0 amide bonds. The van der Waals surface area contributed by atoms with E-state index in [0.717, 1.165) is 22.8 Å². The second kappa shape index (κ2) is 5.06. The minimum absolute atomic E-state index is 0.231. The number of hydrogen-bond donors (Lipinski definition) is 0. The molecule has 2 aliphatic rings. The maximum absolute atomic E-state index is 6.16. The topological polar surface area (TPSA) is 9.23 Å². The average molecular weight is 301 g/mol. The van der Waals surface area contributed by atoms with Crippen molar-refractivity contribution in [3.63, 3.8) is 0 Å². The SMILES string of the molecule is CC1=CC(C)(C)OC2=C1[C@@H](c1ccc(Cl)c(C)c1)CC=C2. The average Bonchev–Trinajstić information content (AvgIpc) is 2.39. The van der Waals surface area contributed by atoms with E-state index in [1.165, 1.54) is 16.7 Å². The number of allylic oxidation sites excluding steroid dienone is 4. The first-order valence-corrected chi connectivity index (χ1v) is 7.81. The van der Waals surface area contributed by atoms with Crippen molar-refractivity contribution in [1.82, 2.24) is 0 Å². The van der Waals surface area contributed by atoms with Gasteiger partial charge in [0.1, 0.15) is 11.4 Å². The van der Waals surface area contributed by atoms with E-state index in [1.54, 1.807) is 0 Å². The number of ether oxygens (including phenoxy) is 1. The molecule has 3 rings (SSSR count). The van der Waals surface area contributed by atoms with Crippen LogP contribution in [-0.2, 0) is 4.74 Å². The first-order chi connectivity index (χ1) is 9.87. The van der Waals surface area contributed by atoms with Crippen molar-refractivity contribution in [1.29, 1.82) is 0 Å². The van der Waals surface area contributed by atoms with Crippen molar-refractivity contribution >= 4 is 11.6 Å². The molecule has 1 aliphatic heterocycles. The third-order valence-corrected chi connectivity index (χ3v) is 4.63. The predicted octanol–water partition coefficient (Wildman–Crippen LogP) is 5.70. The van der Waals surface area contributed by atoms with Gasteiger partial charge >= 0.3 is 0 Å². The van der Waals surface area contributed by atoms with Gasteiger partial charge in [-0.25, -0.2) is 0 Å². The number of halogens is 1. The van der Waals surface area contributed by atoms with Gasteiger partial charge in [0.15, 0.2) is 0 Å². The second-order valence-corrected chi connectivity index (χ2v) is 6.92. The highest BCUT2D eigenvalue weighted by atomic mass is 35.5. The Balaban J connectivity index is 2.05. The van der Waals surface area contributed by atoms with Gasteiger partial charge in [0, 0.05) is 16.5 Å². The van der Waals surface area contributed by atoms with Crippen LogP contribution in [0.3, 0.4) is 0 Å². The van der Waals surface area contributed by atoms with Crippen LogP contribution in [0.15, 0.2) is 53.3 Å². The highest BCUT2D eigenvalue weighted by molar-refractivity contribution is 6.31. The maximum atomic E-state index is 6.16. The monoisotopic (exact) mass is 300 g/mol. The zero-order valence-electron chi connectivity index (χ0n) is 13.0. The summed E-state index contributed by atoms with van der Waals surface area (Å²) in [5.41, 5.74) is 4.85. The fourth-order valence-corrected chi connectivity index (χ4v) is 3.47. The van der Waals surface area contributed by atoms with Gasteiger partial charge in [0.25, 0.3) is 0 Å². The highest BCUT2D eigenvalue weighted by Gasteiger charge is 2.32. The Bertz CT molecular complexity index is 677. The summed E-state index contributed by atoms with van der Waals surface area (Å²) in [6, 6.07) is 6.33. The van der Waals surface area contributed by atoms with E-state index in [2.05, 4.69) is 58.1 Å². The van der Waals surface area contributed by atoms with E-state index in [1.807, 2.05) is 6.07 Å². The van der Waals surface area contributed by atoms with Crippen LogP contribution in [0.5, 0.6) is 0 Å². The molecule has 2 heteroatoms. The Morgan fingerprint density at radius 1 is 1.24 bits per heavy atom. The summed E-state index contributed by atoms with van der Waals surface area (Å²) in [5, 5.41) is 0.826. The first-order valence-electron chi connectivity index (χ1n) is 7.43. The maximum Gasteiger partial charge on any atom is 0.124 e. The van der Waals surface area contributed by atoms with Crippen molar-refractivity contribution in [3.8, 4) is 0 Å². The standard InChI is InChI=1S/C19H21ClO/c1-12-10-14(8-9-16(12)20)15-6-5-7-17-18(15)13(2)11-19(3,4)21-17/h5,7-11,15H,6H2,1-4H3/t15-/m1/s1. The lowest BCUT2D eigenvalue weighted by atomic mass is 9.79. The zero-order valence-corrected chi connectivity index (χ0v) is 13.8. The van der Waals surface area contributed by atoms with Crippen molar-refractivity contribution in [2.45, 2.75) is 45.6 Å². The number of rotatable bonds is 1. The molecule has 110 valence electrons. The van der Waals surface area contributed by atoms with Crippen LogP contribution in [0.4, 0.5) is 0 Å². The molecule has 1 aromatic carbocycles. The third-order valence-electron chi connectivity index (χ3n) is 4.20. The van der Waals surface area contributed by atoms with E-state index < -0.39 is 0 Å². The second-order valence-electron chi connectivity index (χ2n) is 6.51. The molecule has 0 aromatic heterocycles. The van der Waals surface area contributed by atoms with Crippen LogP contribution in [0.2, 0.25) is 5.02 Å². The fourth-order valence-electron chi connectivity index (χ4n) is 3.35. The van der Waals surface area contributed by atoms with Gasteiger partial charge in [-0.05, 0) is 69.0 Å². The van der Waals surface area contributed by atoms with Crippen molar-refractivity contribution in [2.24, 2.45) is 0 Å². The van der Waals surface area contributed by atoms with Gasteiger partial charge in [0.05, 0.1) is 0 Å². The summed E-state index contributed by atoms with van der Waals surface area (Å²) in [5.74, 6) is 1.37. The van der Waals surface area contributed by atoms with Gasteiger partial charge in [0.2, 0.25) is 0 Å². The van der Waals surface area contributed by atoms with Crippen molar-refractivity contribution in [3.05, 3.63) is 69.5 Å². The molecule has 0 saturated carbocycles. The number of benzene rings is 1. The summed E-state index contributed by atoms with van der Waals surface area (Å²) in [6.45, 7) is 8.45. The Hall–Kier alpha value is -1.47. The van der Waals surface area contributed by atoms with Crippen LogP contribution in [-0.4, -0.2) is 5.60 Å². The molecule has 1 aliphatic carbocycles. The van der Waals surface area contributed by atoms with E-state index in [-0.39, 0.29) is 5.60 Å². The normalized spacial score (nSPS) is 23.5. The zero-order chi connectivity index (χ0) is 15.2. The summed E-state index contributed by atoms with van der Waals surface area (Å²) >= 11 is 6.16. The molecule has 0 spiro atoms. The Labute approximate surface area is 132 Å². The van der Waals surface area contributed by atoms with Crippen LogP contribution < -0.4 is 0 Å². The molecular formula is C19H21ClO. The lowest BCUT2D eigenvalue weighted by molar-refractivity contribution is 0.0777. The van der Waals surface area contributed by atoms with Crippen molar-refractivity contribution in [2.75, 3.05) is 0 Å². The Morgan fingerprint density at radius 2 is 2.00 bits per heavy atom. The largest absolute Gasteiger partial charge is 0.483 e. The lowest BCUT2D eigenvalue weighted by Gasteiger charge is -2.36. The van der Waals surface area contributed by atoms with Gasteiger partial charge < -0.3 is 4.74 Å². The van der Waals surface area contributed by atoms with E-state index in [9.17, 15) is 0 Å². The summed E-state index contributed by atoms with van der Waals surface area (Å²) < 4.78 is 6.14. The molecule has 21 heavy (non-hydrogen) atoms. The van der Waals surface area contributed by atoms with Crippen LogP contribution >= 0.6 is 11.6 Å². The molecule has 0 fully saturated rings. The minimum atomic E-state index is -0.231. The van der Waals surface area contributed by atoms with Crippen LogP contribution in [0, 0.1) is 6.92 Å². The molecule has 1 atom stereocenters. The molecule has 0 unspecified atom stereocenters. The van der Waals surface area contributed by atoms with Crippen molar-refractivity contribution < 1.29 is 4.74 Å². The highest BCUT2D eigenvalue weighted by Crippen LogP contribution is 2.43. The predicted molar refractivity (Wildman–Crippen MR) is 88.6 cm³/mol. The van der Waals surface area contributed by atoms with Crippen LogP contribution in [0.1, 0.15) is 44.2 Å². The van der Waals surface area contributed by atoms with Crippen LogP contribution in [0.25, 0.3) is 0 Å². The molecule has 1 aromatic rings. The molecule has 1 nitrogen and oxygen atoms in total. The first kappa shape index (κ1) is 14.5. The number of hydrogen-bond acceptors (Lipinski definition) is 1. The van der Waals surface area contributed by atoms with E-state index >= 15 is 0 Å². The Morgan fingerprint density at radius 3 is 2.71 bits per heavy atom. The lowest BCUT2D eigenvalue weighted by Crippen LogP contribution is -2.28. The Kier molecular flexibility index (Phi) is 3.49. The minimum Gasteiger partial charge on any atom is -0.483 e. The molecule has 0 saturated heterocycles. The van der Waals surface area contributed by atoms with Gasteiger partial charge in [-0.1, -0.05) is 29.8 Å². The smallest absolute Gasteiger partial charge is 0.124 e. The number of aryl methyl sites for hydroxylation is 1. The molecular weight excluding hydrogens is 280 g/mol. The van der Waals surface area contributed by atoms with E-state index in [4.69, 9.17) is 16.3 Å². The summed E-state index contributed by atoms with van der Waals surface area (Å²) in [4.78, 5) is 0. The summed E-state index contributed by atoms with van der Waals surface area (Å²) in [6.07, 6.45) is 7.56. The molecule has 1 heterocycles. The van der Waals surface area contributed by atoms with Gasteiger partial charge in [-0.2, -0.15) is 0 Å². The third kappa shape index (κ3) is 2.67. The van der Waals surface area contributed by atoms with Gasteiger partial charge in [-0.3, -0.25) is 0 Å². The van der Waals surface area contributed by atoms with Gasteiger partial charge in [-0.15, -0.1) is 0 Å².